The summed E-state index contributed by atoms with van der Waals surface area (Å²) in [5, 5.41) is 11.0. The topological polar surface area (TPSA) is 109 Å². The third-order valence-corrected chi connectivity index (χ3v) is 1.84. The van der Waals surface area contributed by atoms with Crippen molar-refractivity contribution in [3.05, 3.63) is 21.7 Å². The zero-order valence-electron chi connectivity index (χ0n) is 7.25. The predicted molar refractivity (Wildman–Crippen MR) is 43.2 cm³/mol. The fraction of sp³-hybridized carbons (Fsp3) is 0.429. The van der Waals surface area contributed by atoms with Crippen molar-refractivity contribution in [2.24, 2.45) is 5.73 Å². The maximum atomic E-state index is 11.0. The van der Waals surface area contributed by atoms with Gasteiger partial charge in [-0.2, -0.15) is 0 Å². The molecule has 1 heterocycles. The summed E-state index contributed by atoms with van der Waals surface area (Å²) in [4.78, 5) is 21.8. The Kier molecular flexibility index (Phi) is 2.01. The van der Waals surface area contributed by atoms with Gasteiger partial charge in [0.1, 0.15) is 5.54 Å². The molecule has 0 aliphatic rings. The molecule has 0 saturated carbocycles. The van der Waals surface area contributed by atoms with Crippen LogP contribution in [0.15, 0.2) is 9.32 Å². The minimum Gasteiger partial charge on any atom is -0.480 e. The van der Waals surface area contributed by atoms with Crippen molar-refractivity contribution in [1.82, 2.24) is 5.16 Å². The van der Waals surface area contributed by atoms with Gasteiger partial charge in [0, 0.05) is 0 Å². The number of aromatic nitrogens is 1. The Balaban J connectivity index is 3.37. The highest BCUT2D eigenvalue weighted by molar-refractivity contribution is 5.80. The maximum Gasteiger partial charge on any atom is 0.363 e. The molecule has 0 amide bonds. The number of carboxylic acids is 1. The molecule has 1 rings (SSSR count). The first-order valence-electron chi connectivity index (χ1n) is 3.58. The minimum atomic E-state index is -1.72. The van der Waals surface area contributed by atoms with Crippen molar-refractivity contribution in [3.63, 3.8) is 0 Å². The molecule has 0 bridgehead atoms. The lowest BCUT2D eigenvalue weighted by Gasteiger charge is -2.16. The van der Waals surface area contributed by atoms with Crippen molar-refractivity contribution >= 4 is 5.97 Å². The van der Waals surface area contributed by atoms with Crippen molar-refractivity contribution in [2.75, 3.05) is 0 Å². The largest absolute Gasteiger partial charge is 0.480 e. The first-order chi connectivity index (χ1) is 5.87. The van der Waals surface area contributed by atoms with Gasteiger partial charge in [0.25, 0.3) is 0 Å². The zero-order chi connectivity index (χ0) is 10.2. The van der Waals surface area contributed by atoms with Gasteiger partial charge in [0.2, 0.25) is 0 Å². The summed E-state index contributed by atoms with van der Waals surface area (Å²) in [5.74, 6) is -1.28. The van der Waals surface area contributed by atoms with Crippen molar-refractivity contribution < 1.29 is 14.4 Å². The highest BCUT2D eigenvalue weighted by Gasteiger charge is 2.36. The Morgan fingerprint density at radius 3 is 2.54 bits per heavy atom. The van der Waals surface area contributed by atoms with E-state index < -0.39 is 17.1 Å². The van der Waals surface area contributed by atoms with E-state index in [2.05, 4.69) is 9.68 Å². The Bertz CT molecular complexity index is 387. The number of aromatic amines is 1. The van der Waals surface area contributed by atoms with Crippen molar-refractivity contribution in [3.8, 4) is 0 Å². The number of carboxylic acid groups (broad SMARTS) is 1. The van der Waals surface area contributed by atoms with Gasteiger partial charge in [-0.05, 0) is 13.8 Å². The molecule has 72 valence electrons. The van der Waals surface area contributed by atoms with E-state index in [1.54, 1.807) is 0 Å². The average Bonchev–Trinajstić information content (AvgIpc) is 2.30. The highest BCUT2D eigenvalue weighted by atomic mass is 16.5. The third-order valence-electron chi connectivity index (χ3n) is 1.84. The summed E-state index contributed by atoms with van der Waals surface area (Å²) in [7, 11) is 0. The second kappa shape index (κ2) is 2.74. The van der Waals surface area contributed by atoms with Gasteiger partial charge in [-0.1, -0.05) is 0 Å². The summed E-state index contributed by atoms with van der Waals surface area (Å²) in [5.41, 5.74) is 3.26. The number of rotatable bonds is 2. The van der Waals surface area contributed by atoms with Crippen LogP contribution in [-0.4, -0.2) is 16.2 Å². The fourth-order valence-corrected chi connectivity index (χ4v) is 1.09. The van der Waals surface area contributed by atoms with E-state index in [1.165, 1.54) is 13.8 Å². The van der Waals surface area contributed by atoms with E-state index in [-0.39, 0.29) is 5.56 Å². The quantitative estimate of drug-likeness (QED) is 0.578. The number of carbonyl (C=O) groups is 1. The normalized spacial score (nSPS) is 15.3. The van der Waals surface area contributed by atoms with Crippen LogP contribution in [0.4, 0.5) is 0 Å². The summed E-state index contributed by atoms with van der Waals surface area (Å²) in [6, 6.07) is 0. The molecule has 1 unspecified atom stereocenters. The van der Waals surface area contributed by atoms with Gasteiger partial charge in [-0.3, -0.25) is 0 Å². The molecular formula is C7H10N2O4. The summed E-state index contributed by atoms with van der Waals surface area (Å²) >= 11 is 0. The number of H-pyrrole nitrogens is 1. The molecule has 4 N–H and O–H groups in total. The van der Waals surface area contributed by atoms with Crippen LogP contribution in [0, 0.1) is 6.92 Å². The maximum absolute atomic E-state index is 11.0. The molecule has 6 nitrogen and oxygen atoms in total. The highest BCUT2D eigenvalue weighted by Crippen LogP contribution is 2.16. The van der Waals surface area contributed by atoms with Gasteiger partial charge >= 0.3 is 11.6 Å². The first-order valence-corrected chi connectivity index (χ1v) is 3.58. The third kappa shape index (κ3) is 1.35. The average molecular weight is 186 g/mol. The van der Waals surface area contributed by atoms with Crippen molar-refractivity contribution in [1.29, 1.82) is 0 Å². The van der Waals surface area contributed by atoms with Crippen LogP contribution in [0.5, 0.6) is 0 Å². The van der Waals surface area contributed by atoms with Crippen LogP contribution in [0.25, 0.3) is 0 Å². The van der Waals surface area contributed by atoms with Crippen LogP contribution >= 0.6 is 0 Å². The Hall–Kier alpha value is -1.56. The molecule has 0 aliphatic heterocycles. The molecule has 1 atom stereocenters. The molecule has 0 aromatic carbocycles. The van der Waals surface area contributed by atoms with E-state index >= 15 is 0 Å². The second-order valence-electron chi connectivity index (χ2n) is 3.00. The monoisotopic (exact) mass is 186 g/mol. The van der Waals surface area contributed by atoms with E-state index in [4.69, 9.17) is 10.8 Å². The van der Waals surface area contributed by atoms with Crippen LogP contribution < -0.4 is 11.4 Å². The van der Waals surface area contributed by atoms with Crippen LogP contribution in [0.3, 0.4) is 0 Å². The zero-order valence-corrected chi connectivity index (χ0v) is 7.25. The minimum absolute atomic E-state index is 0.0556. The SMILES string of the molecule is Cc1[nH]oc(=O)c1C(C)(N)C(=O)O. The molecule has 13 heavy (non-hydrogen) atoms. The standard InChI is InChI=1S/C7H10N2O4/c1-3-4(5(10)13-9-3)7(2,8)6(11)12/h9H,8H2,1-2H3,(H,11,12). The molecule has 0 fully saturated rings. The summed E-state index contributed by atoms with van der Waals surface area (Å²) in [6.45, 7) is 2.76. The smallest absolute Gasteiger partial charge is 0.363 e. The fourth-order valence-electron chi connectivity index (χ4n) is 1.09. The summed E-state index contributed by atoms with van der Waals surface area (Å²) < 4.78 is 4.41. The van der Waals surface area contributed by atoms with Gasteiger partial charge in [0.05, 0.1) is 11.3 Å². The van der Waals surface area contributed by atoms with Crippen LogP contribution in [0.1, 0.15) is 18.2 Å². The molecule has 1 aromatic rings. The number of aliphatic carboxylic acids is 1. The van der Waals surface area contributed by atoms with E-state index in [1.807, 2.05) is 0 Å². The molecule has 1 aromatic heterocycles. The number of nitrogens with two attached hydrogens (primary N) is 1. The molecular weight excluding hydrogens is 176 g/mol. The Labute approximate surface area is 73.3 Å². The van der Waals surface area contributed by atoms with Crippen LogP contribution in [0.2, 0.25) is 0 Å². The number of hydrogen-bond acceptors (Lipinski definition) is 4. The first kappa shape index (κ1) is 9.53. The molecule has 0 saturated heterocycles. The lowest BCUT2D eigenvalue weighted by Crippen LogP contribution is -2.44. The Morgan fingerprint density at radius 1 is 1.69 bits per heavy atom. The lowest BCUT2D eigenvalue weighted by atomic mass is 9.94. The van der Waals surface area contributed by atoms with Gasteiger partial charge < -0.3 is 15.4 Å². The Morgan fingerprint density at radius 2 is 2.23 bits per heavy atom. The number of nitrogens with one attached hydrogen (secondary N) is 1. The molecule has 6 heteroatoms. The molecule has 0 radical (unpaired) electrons. The van der Waals surface area contributed by atoms with Gasteiger partial charge in [-0.15, -0.1) is 0 Å². The van der Waals surface area contributed by atoms with E-state index in [0.29, 0.717) is 5.69 Å². The van der Waals surface area contributed by atoms with Crippen molar-refractivity contribution in [2.45, 2.75) is 19.4 Å². The molecule has 0 spiro atoms. The number of hydrogen-bond donors (Lipinski definition) is 3. The van der Waals surface area contributed by atoms with E-state index in [9.17, 15) is 9.59 Å². The van der Waals surface area contributed by atoms with Gasteiger partial charge in [0.15, 0.2) is 0 Å². The lowest BCUT2D eigenvalue weighted by molar-refractivity contribution is -0.143. The molecule has 0 aliphatic carbocycles. The predicted octanol–water partition coefficient (Wildman–Crippen LogP) is -0.465. The van der Waals surface area contributed by atoms with E-state index in [0.717, 1.165) is 0 Å². The second-order valence-corrected chi connectivity index (χ2v) is 3.00. The van der Waals surface area contributed by atoms with Crippen LogP contribution in [-0.2, 0) is 10.3 Å². The number of aryl methyl sites for hydroxylation is 1. The van der Waals surface area contributed by atoms with Gasteiger partial charge in [-0.25, -0.2) is 14.7 Å². The summed E-state index contributed by atoms with van der Waals surface area (Å²) in [6.07, 6.45) is 0.